The molecular weight excluding hydrogens is 346 g/mol. The fourth-order valence-electron chi connectivity index (χ4n) is 2.84. The van der Waals surface area contributed by atoms with Crippen molar-refractivity contribution in [1.29, 1.82) is 0 Å². The highest BCUT2D eigenvalue weighted by Crippen LogP contribution is 2.15. The molecule has 0 spiro atoms. The Morgan fingerprint density at radius 1 is 0.926 bits per heavy atom. The van der Waals surface area contributed by atoms with Crippen LogP contribution in [0.2, 0.25) is 0 Å². The third-order valence-electron chi connectivity index (χ3n) is 4.43. The molecule has 0 unspecified atom stereocenters. The Morgan fingerprint density at radius 3 is 2.15 bits per heavy atom. The zero-order valence-electron chi connectivity index (χ0n) is 15.3. The van der Waals surface area contributed by atoms with Crippen LogP contribution in [-0.2, 0) is 4.79 Å². The van der Waals surface area contributed by atoms with Crippen molar-refractivity contribution in [2.45, 2.75) is 13.8 Å². The topological polar surface area (TPSA) is 95.5 Å². The standard InChI is InChI=1S/C19H21N5O3/c1-13(25)15-3-5-16(6-4-15)21-19-20-8-7-17(22-19)18(27)24-11-9-23(10-12-24)14(2)26/h3-8H,9-12H2,1-2H3,(H,20,21,22). The van der Waals surface area contributed by atoms with E-state index in [0.717, 1.165) is 5.69 Å². The summed E-state index contributed by atoms with van der Waals surface area (Å²) in [7, 11) is 0. The quantitative estimate of drug-likeness (QED) is 0.827. The van der Waals surface area contributed by atoms with E-state index in [0.29, 0.717) is 43.4 Å². The highest BCUT2D eigenvalue weighted by Gasteiger charge is 2.24. The Kier molecular flexibility index (Phi) is 5.44. The summed E-state index contributed by atoms with van der Waals surface area (Å²) in [5.74, 6) is 0.135. The molecule has 1 fully saturated rings. The van der Waals surface area contributed by atoms with E-state index in [1.54, 1.807) is 40.1 Å². The van der Waals surface area contributed by atoms with Crippen LogP contribution in [0.4, 0.5) is 11.6 Å². The van der Waals surface area contributed by atoms with Crippen molar-refractivity contribution in [3.63, 3.8) is 0 Å². The van der Waals surface area contributed by atoms with Gasteiger partial charge in [0, 0.05) is 50.6 Å². The minimum atomic E-state index is -0.185. The highest BCUT2D eigenvalue weighted by molar-refractivity contribution is 5.94. The Bertz CT molecular complexity index is 858. The van der Waals surface area contributed by atoms with E-state index in [-0.39, 0.29) is 17.6 Å². The summed E-state index contributed by atoms with van der Waals surface area (Å²) in [6, 6.07) is 8.52. The molecule has 2 amide bonds. The monoisotopic (exact) mass is 367 g/mol. The fraction of sp³-hybridized carbons (Fsp3) is 0.316. The van der Waals surface area contributed by atoms with Gasteiger partial charge in [-0.1, -0.05) is 0 Å². The molecule has 140 valence electrons. The average molecular weight is 367 g/mol. The number of amides is 2. The average Bonchev–Trinajstić information content (AvgIpc) is 2.68. The fourth-order valence-corrected chi connectivity index (χ4v) is 2.84. The first kappa shape index (κ1) is 18.5. The predicted octanol–water partition coefficient (Wildman–Crippen LogP) is 1.73. The summed E-state index contributed by atoms with van der Waals surface area (Å²) in [5.41, 5.74) is 1.64. The number of ketones is 1. The molecule has 8 nitrogen and oxygen atoms in total. The van der Waals surface area contributed by atoms with Crippen molar-refractivity contribution >= 4 is 29.2 Å². The summed E-state index contributed by atoms with van der Waals surface area (Å²) in [6.45, 7) is 5.06. The molecule has 0 aliphatic carbocycles. The molecule has 0 bridgehead atoms. The van der Waals surface area contributed by atoms with Crippen LogP contribution in [0.25, 0.3) is 0 Å². The molecule has 1 saturated heterocycles. The summed E-state index contributed by atoms with van der Waals surface area (Å²) < 4.78 is 0. The minimum Gasteiger partial charge on any atom is -0.339 e. The number of aromatic nitrogens is 2. The number of hydrogen-bond donors (Lipinski definition) is 1. The summed E-state index contributed by atoms with van der Waals surface area (Å²) in [6.07, 6.45) is 1.53. The van der Waals surface area contributed by atoms with Crippen molar-refractivity contribution in [2.24, 2.45) is 0 Å². The van der Waals surface area contributed by atoms with Gasteiger partial charge in [0.2, 0.25) is 11.9 Å². The first-order valence-corrected chi connectivity index (χ1v) is 8.70. The molecule has 1 aromatic carbocycles. The third-order valence-corrected chi connectivity index (χ3v) is 4.43. The van der Waals surface area contributed by atoms with E-state index in [2.05, 4.69) is 15.3 Å². The van der Waals surface area contributed by atoms with Crippen molar-refractivity contribution in [3.05, 3.63) is 47.8 Å². The van der Waals surface area contributed by atoms with Crippen LogP contribution >= 0.6 is 0 Å². The molecule has 3 rings (SSSR count). The number of carbonyl (C=O) groups excluding carboxylic acids is 3. The van der Waals surface area contributed by atoms with Gasteiger partial charge in [-0.15, -0.1) is 0 Å². The molecule has 0 saturated carbocycles. The van der Waals surface area contributed by atoms with E-state index in [4.69, 9.17) is 0 Å². The number of Topliss-reactive ketones (excluding diaryl/α,β-unsaturated/α-hetero) is 1. The minimum absolute atomic E-state index is 0.00438. The molecule has 1 aromatic heterocycles. The van der Waals surface area contributed by atoms with Gasteiger partial charge >= 0.3 is 0 Å². The van der Waals surface area contributed by atoms with E-state index in [1.807, 2.05) is 0 Å². The molecule has 1 aliphatic rings. The molecule has 0 atom stereocenters. The van der Waals surface area contributed by atoms with Gasteiger partial charge in [0.1, 0.15) is 5.69 Å². The van der Waals surface area contributed by atoms with Gasteiger partial charge in [-0.2, -0.15) is 0 Å². The number of nitrogens with zero attached hydrogens (tertiary/aromatic N) is 4. The molecule has 2 heterocycles. The largest absolute Gasteiger partial charge is 0.339 e. The lowest BCUT2D eigenvalue weighted by Gasteiger charge is -2.34. The Labute approximate surface area is 157 Å². The van der Waals surface area contributed by atoms with Gasteiger partial charge in [0.05, 0.1) is 0 Å². The zero-order chi connectivity index (χ0) is 19.4. The van der Waals surface area contributed by atoms with E-state index in [9.17, 15) is 14.4 Å². The number of nitrogens with one attached hydrogen (secondary N) is 1. The first-order chi connectivity index (χ1) is 12.9. The van der Waals surface area contributed by atoms with Crippen LogP contribution in [0.15, 0.2) is 36.5 Å². The smallest absolute Gasteiger partial charge is 0.272 e. The van der Waals surface area contributed by atoms with Crippen molar-refractivity contribution in [1.82, 2.24) is 19.8 Å². The summed E-state index contributed by atoms with van der Waals surface area (Å²) in [4.78, 5) is 47.2. The Hall–Kier alpha value is -3.29. The third kappa shape index (κ3) is 4.46. The van der Waals surface area contributed by atoms with Gasteiger partial charge in [0.15, 0.2) is 5.78 Å². The molecule has 8 heteroatoms. The van der Waals surface area contributed by atoms with Gasteiger partial charge in [-0.05, 0) is 37.3 Å². The van der Waals surface area contributed by atoms with Gasteiger partial charge in [-0.25, -0.2) is 9.97 Å². The van der Waals surface area contributed by atoms with Crippen LogP contribution in [-0.4, -0.2) is 63.5 Å². The van der Waals surface area contributed by atoms with Crippen molar-refractivity contribution in [3.8, 4) is 0 Å². The lowest BCUT2D eigenvalue weighted by molar-refractivity contribution is -0.130. The number of hydrogen-bond acceptors (Lipinski definition) is 6. The zero-order valence-corrected chi connectivity index (χ0v) is 15.3. The second kappa shape index (κ2) is 7.94. The lowest BCUT2D eigenvalue weighted by atomic mass is 10.1. The molecule has 0 radical (unpaired) electrons. The van der Waals surface area contributed by atoms with Crippen molar-refractivity contribution in [2.75, 3.05) is 31.5 Å². The normalized spacial score (nSPS) is 14.0. The first-order valence-electron chi connectivity index (χ1n) is 8.70. The molecule has 1 aliphatic heterocycles. The number of rotatable bonds is 4. The van der Waals surface area contributed by atoms with Gasteiger partial charge < -0.3 is 15.1 Å². The number of anilines is 2. The van der Waals surface area contributed by atoms with Crippen LogP contribution in [0, 0.1) is 0 Å². The van der Waals surface area contributed by atoms with Gasteiger partial charge in [-0.3, -0.25) is 14.4 Å². The van der Waals surface area contributed by atoms with Crippen LogP contribution < -0.4 is 5.32 Å². The van der Waals surface area contributed by atoms with E-state index in [1.165, 1.54) is 20.0 Å². The Morgan fingerprint density at radius 2 is 1.56 bits per heavy atom. The molecular formula is C19H21N5O3. The van der Waals surface area contributed by atoms with E-state index >= 15 is 0 Å². The van der Waals surface area contributed by atoms with Crippen molar-refractivity contribution < 1.29 is 14.4 Å². The Balaban J connectivity index is 1.67. The maximum Gasteiger partial charge on any atom is 0.272 e. The second-order valence-corrected chi connectivity index (χ2v) is 6.32. The molecule has 27 heavy (non-hydrogen) atoms. The number of piperazine rings is 1. The number of carbonyl (C=O) groups is 3. The van der Waals surface area contributed by atoms with E-state index < -0.39 is 0 Å². The molecule has 2 aromatic rings. The maximum atomic E-state index is 12.7. The highest BCUT2D eigenvalue weighted by atomic mass is 16.2. The summed E-state index contributed by atoms with van der Waals surface area (Å²) in [5, 5.41) is 3.03. The molecule has 1 N–H and O–H groups in total. The second-order valence-electron chi connectivity index (χ2n) is 6.32. The lowest BCUT2D eigenvalue weighted by Crippen LogP contribution is -2.50. The number of benzene rings is 1. The van der Waals surface area contributed by atoms with Gasteiger partial charge in [0.25, 0.3) is 5.91 Å². The van der Waals surface area contributed by atoms with Crippen LogP contribution in [0.3, 0.4) is 0 Å². The SMILES string of the molecule is CC(=O)c1ccc(Nc2nccc(C(=O)N3CCN(C(C)=O)CC3)n2)cc1. The predicted molar refractivity (Wildman–Crippen MR) is 99.9 cm³/mol. The van der Waals surface area contributed by atoms with Crippen LogP contribution in [0.5, 0.6) is 0 Å². The van der Waals surface area contributed by atoms with Crippen LogP contribution in [0.1, 0.15) is 34.7 Å². The summed E-state index contributed by atoms with van der Waals surface area (Å²) >= 11 is 0. The maximum absolute atomic E-state index is 12.7.